The molecule has 0 aliphatic heterocycles. The smallest absolute Gasteiger partial charge is 0.153 e. The van der Waals surface area contributed by atoms with Crippen LogP contribution in [0, 0.1) is 0 Å². The lowest BCUT2D eigenvalue weighted by Gasteiger charge is -2.03. The van der Waals surface area contributed by atoms with Crippen molar-refractivity contribution in [2.24, 2.45) is 0 Å². The van der Waals surface area contributed by atoms with Crippen LogP contribution >= 0.6 is 11.8 Å². The summed E-state index contributed by atoms with van der Waals surface area (Å²) in [6, 6.07) is 18.1. The fourth-order valence-corrected chi connectivity index (χ4v) is 3.45. The van der Waals surface area contributed by atoms with Gasteiger partial charge in [-0.2, -0.15) is 5.10 Å². The number of hydrogen-bond acceptors (Lipinski definition) is 3. The van der Waals surface area contributed by atoms with Gasteiger partial charge in [-0.25, -0.2) is 4.68 Å². The van der Waals surface area contributed by atoms with Crippen LogP contribution in [-0.4, -0.2) is 21.8 Å². The number of thioether (sulfide) groups is 1. The normalized spacial score (nSPS) is 10.7. The van der Waals surface area contributed by atoms with Gasteiger partial charge in [0, 0.05) is 16.7 Å². The van der Waals surface area contributed by atoms with E-state index in [1.165, 1.54) is 17.7 Å². The maximum Gasteiger partial charge on any atom is 0.153 e. The highest BCUT2D eigenvalue weighted by molar-refractivity contribution is 7.99. The summed E-state index contributed by atoms with van der Waals surface area (Å²) in [6.45, 7) is 2.20. The molecule has 4 heteroatoms. The Morgan fingerprint density at radius 2 is 1.83 bits per heavy atom. The molecule has 0 saturated carbocycles. The van der Waals surface area contributed by atoms with E-state index in [0.717, 1.165) is 29.0 Å². The number of carbonyl (C=O) groups excluding carboxylic acids is 1. The third kappa shape index (κ3) is 3.77. The molecule has 24 heavy (non-hydrogen) atoms. The van der Waals surface area contributed by atoms with Crippen LogP contribution in [0.4, 0.5) is 0 Å². The van der Waals surface area contributed by atoms with E-state index < -0.39 is 0 Å². The molecule has 3 rings (SSSR count). The van der Waals surface area contributed by atoms with Crippen molar-refractivity contribution in [2.45, 2.75) is 24.7 Å². The van der Waals surface area contributed by atoms with Crippen molar-refractivity contribution in [2.75, 3.05) is 5.75 Å². The quantitative estimate of drug-likeness (QED) is 0.336. The second kappa shape index (κ2) is 7.97. The zero-order chi connectivity index (χ0) is 16.8. The zero-order valence-corrected chi connectivity index (χ0v) is 14.5. The Bertz CT molecular complexity index is 794. The summed E-state index contributed by atoms with van der Waals surface area (Å²) >= 11 is 1.87. The van der Waals surface area contributed by atoms with Gasteiger partial charge >= 0.3 is 0 Å². The number of aldehydes is 1. The highest BCUT2D eigenvalue weighted by Crippen LogP contribution is 2.26. The summed E-state index contributed by atoms with van der Waals surface area (Å²) in [5.74, 6) is 1.14. The summed E-state index contributed by atoms with van der Waals surface area (Å²) in [7, 11) is 0. The number of unbranched alkanes of at least 4 members (excludes halogenated alkanes) is 1. The molecule has 122 valence electrons. The van der Waals surface area contributed by atoms with E-state index in [1.54, 1.807) is 10.9 Å². The predicted molar refractivity (Wildman–Crippen MR) is 100 cm³/mol. The molecule has 2 aromatic carbocycles. The predicted octanol–water partition coefficient (Wildman–Crippen LogP) is 5.24. The molecule has 1 aromatic heterocycles. The summed E-state index contributed by atoms with van der Waals surface area (Å²) in [5.41, 5.74) is 3.23. The Balaban J connectivity index is 1.86. The van der Waals surface area contributed by atoms with E-state index >= 15 is 0 Å². The van der Waals surface area contributed by atoms with Crippen LogP contribution < -0.4 is 0 Å². The fourth-order valence-electron chi connectivity index (χ4n) is 2.45. The second-order valence-electron chi connectivity index (χ2n) is 5.56. The average molecular weight is 336 g/mol. The molecule has 0 spiro atoms. The molecule has 3 aromatic rings. The molecule has 0 amide bonds. The van der Waals surface area contributed by atoms with Crippen LogP contribution in [0.3, 0.4) is 0 Å². The van der Waals surface area contributed by atoms with Gasteiger partial charge in [0.2, 0.25) is 0 Å². The minimum absolute atomic E-state index is 0.602. The van der Waals surface area contributed by atoms with E-state index in [-0.39, 0.29) is 0 Å². The third-order valence-electron chi connectivity index (χ3n) is 3.78. The van der Waals surface area contributed by atoms with Crippen LogP contribution in [0.15, 0.2) is 65.7 Å². The Labute approximate surface area is 146 Å². The van der Waals surface area contributed by atoms with Crippen molar-refractivity contribution in [1.82, 2.24) is 9.78 Å². The van der Waals surface area contributed by atoms with Gasteiger partial charge < -0.3 is 0 Å². The number of nitrogens with zero attached hydrogens (tertiary/aromatic N) is 2. The molecule has 0 radical (unpaired) electrons. The van der Waals surface area contributed by atoms with Gasteiger partial charge in [-0.05, 0) is 36.4 Å². The van der Waals surface area contributed by atoms with Crippen molar-refractivity contribution in [3.63, 3.8) is 0 Å². The number of para-hydroxylation sites is 1. The lowest BCUT2D eigenvalue weighted by atomic mass is 10.1. The minimum atomic E-state index is 0.602. The number of hydrogen-bond donors (Lipinski definition) is 0. The van der Waals surface area contributed by atoms with E-state index in [4.69, 9.17) is 0 Å². The topological polar surface area (TPSA) is 34.9 Å². The molecule has 1 heterocycles. The summed E-state index contributed by atoms with van der Waals surface area (Å²) in [6.07, 6.45) is 5.08. The van der Waals surface area contributed by atoms with Crippen molar-refractivity contribution < 1.29 is 4.79 Å². The van der Waals surface area contributed by atoms with Crippen LogP contribution in [0.5, 0.6) is 0 Å². The monoisotopic (exact) mass is 336 g/mol. The molecule has 0 atom stereocenters. The van der Waals surface area contributed by atoms with E-state index in [1.807, 2.05) is 54.2 Å². The molecule has 0 aliphatic carbocycles. The van der Waals surface area contributed by atoms with Crippen molar-refractivity contribution in [3.05, 3.63) is 66.4 Å². The number of rotatable bonds is 7. The number of benzene rings is 2. The Hall–Kier alpha value is -2.33. The largest absolute Gasteiger partial charge is 0.298 e. The SMILES string of the molecule is CCCCSc1ccc(-c2nn(-c3ccccc3)cc2C=O)cc1. The molecular formula is C20H20N2OS. The molecule has 0 bridgehead atoms. The Morgan fingerprint density at radius 1 is 1.08 bits per heavy atom. The molecule has 3 nitrogen and oxygen atoms in total. The maximum absolute atomic E-state index is 11.4. The van der Waals surface area contributed by atoms with E-state index in [9.17, 15) is 4.79 Å². The molecule has 0 unspecified atom stereocenters. The molecule has 0 N–H and O–H groups in total. The van der Waals surface area contributed by atoms with Crippen molar-refractivity contribution in [3.8, 4) is 16.9 Å². The first kappa shape index (κ1) is 16.5. The van der Waals surface area contributed by atoms with Gasteiger partial charge in [0.25, 0.3) is 0 Å². The summed E-state index contributed by atoms with van der Waals surface area (Å²) < 4.78 is 1.75. The van der Waals surface area contributed by atoms with Gasteiger partial charge in [0.15, 0.2) is 6.29 Å². The number of aromatic nitrogens is 2. The van der Waals surface area contributed by atoms with Crippen LogP contribution in [0.2, 0.25) is 0 Å². The van der Waals surface area contributed by atoms with Crippen LogP contribution in [-0.2, 0) is 0 Å². The van der Waals surface area contributed by atoms with Crippen molar-refractivity contribution in [1.29, 1.82) is 0 Å². The lowest BCUT2D eigenvalue weighted by molar-refractivity contribution is 0.112. The maximum atomic E-state index is 11.4. The van der Waals surface area contributed by atoms with Gasteiger partial charge in [-0.15, -0.1) is 11.8 Å². The first-order chi connectivity index (χ1) is 11.8. The van der Waals surface area contributed by atoms with Gasteiger partial charge in [0.05, 0.1) is 11.3 Å². The minimum Gasteiger partial charge on any atom is -0.298 e. The molecule has 0 saturated heterocycles. The van der Waals surface area contributed by atoms with Gasteiger partial charge in [0.1, 0.15) is 5.69 Å². The number of carbonyl (C=O) groups is 1. The van der Waals surface area contributed by atoms with Gasteiger partial charge in [-0.3, -0.25) is 4.79 Å². The highest BCUT2D eigenvalue weighted by atomic mass is 32.2. The first-order valence-electron chi connectivity index (χ1n) is 8.15. The van der Waals surface area contributed by atoms with Crippen molar-refractivity contribution >= 4 is 18.0 Å². The second-order valence-corrected chi connectivity index (χ2v) is 6.73. The fraction of sp³-hybridized carbons (Fsp3) is 0.200. The van der Waals surface area contributed by atoms with Crippen LogP contribution in [0.25, 0.3) is 16.9 Å². The summed E-state index contributed by atoms with van der Waals surface area (Å²) in [4.78, 5) is 12.7. The molecule has 0 aliphatic rings. The lowest BCUT2D eigenvalue weighted by Crippen LogP contribution is -1.94. The van der Waals surface area contributed by atoms with Crippen LogP contribution in [0.1, 0.15) is 30.1 Å². The third-order valence-corrected chi connectivity index (χ3v) is 4.88. The summed E-state index contributed by atoms with van der Waals surface area (Å²) in [5, 5.41) is 4.61. The Kier molecular flexibility index (Phi) is 5.49. The molecular weight excluding hydrogens is 316 g/mol. The van der Waals surface area contributed by atoms with E-state index in [2.05, 4.69) is 24.2 Å². The zero-order valence-electron chi connectivity index (χ0n) is 13.7. The highest BCUT2D eigenvalue weighted by Gasteiger charge is 2.11. The standard InChI is InChI=1S/C20H20N2OS/c1-2-3-13-24-19-11-9-16(10-12-19)20-17(15-23)14-22(21-20)18-7-5-4-6-8-18/h4-12,14-15H,2-3,13H2,1H3. The van der Waals surface area contributed by atoms with E-state index in [0.29, 0.717) is 5.56 Å². The average Bonchev–Trinajstić information content (AvgIpc) is 3.08. The van der Waals surface area contributed by atoms with Gasteiger partial charge in [-0.1, -0.05) is 43.7 Å². The Morgan fingerprint density at radius 3 is 2.50 bits per heavy atom. The molecule has 0 fully saturated rings. The first-order valence-corrected chi connectivity index (χ1v) is 9.14.